The fraction of sp³-hybridized carbons (Fsp3) is 0.0714. The van der Waals surface area contributed by atoms with Gasteiger partial charge in [0.2, 0.25) is 5.43 Å². The summed E-state index contributed by atoms with van der Waals surface area (Å²) < 4.78 is 5.76. The van der Waals surface area contributed by atoms with Crippen molar-refractivity contribution in [1.29, 1.82) is 0 Å². The molecule has 0 aliphatic heterocycles. The van der Waals surface area contributed by atoms with Gasteiger partial charge >= 0.3 is 0 Å². The van der Waals surface area contributed by atoms with Crippen LogP contribution in [0.2, 0.25) is 5.02 Å². The minimum atomic E-state index is -0.0348. The molecular weight excluding hydrogens is 236 g/mol. The summed E-state index contributed by atoms with van der Waals surface area (Å²) in [7, 11) is 0. The van der Waals surface area contributed by atoms with E-state index in [-0.39, 0.29) is 5.43 Å². The first-order valence-corrected chi connectivity index (χ1v) is 5.67. The lowest BCUT2D eigenvalue weighted by atomic mass is 10.1. The Labute approximate surface area is 102 Å². The Bertz CT molecular complexity index is 724. The molecule has 0 saturated heterocycles. The molecule has 0 bridgehead atoms. The Balaban J connectivity index is 2.68. The number of benzene rings is 2. The third kappa shape index (κ3) is 1.45. The van der Waals surface area contributed by atoms with Crippen molar-refractivity contribution < 1.29 is 4.42 Å². The highest BCUT2D eigenvalue weighted by molar-refractivity contribution is 6.34. The van der Waals surface area contributed by atoms with Crippen molar-refractivity contribution >= 4 is 33.5 Å². The van der Waals surface area contributed by atoms with Gasteiger partial charge in [-0.3, -0.25) is 4.79 Å². The second-order valence-corrected chi connectivity index (χ2v) is 4.41. The van der Waals surface area contributed by atoms with E-state index in [4.69, 9.17) is 16.0 Å². The SMILES string of the molecule is Cc1cccc2c(=O)c3cccc(Cl)c3oc12. The molecule has 0 N–H and O–H groups in total. The van der Waals surface area contributed by atoms with E-state index in [0.29, 0.717) is 27.0 Å². The number of para-hydroxylation sites is 2. The lowest BCUT2D eigenvalue weighted by Crippen LogP contribution is -2.02. The first-order chi connectivity index (χ1) is 8.18. The summed E-state index contributed by atoms with van der Waals surface area (Å²) in [5, 5.41) is 1.58. The van der Waals surface area contributed by atoms with Crippen LogP contribution in [0.3, 0.4) is 0 Å². The van der Waals surface area contributed by atoms with Gasteiger partial charge in [-0.15, -0.1) is 0 Å². The van der Waals surface area contributed by atoms with Gasteiger partial charge in [0, 0.05) is 0 Å². The lowest BCUT2D eigenvalue weighted by Gasteiger charge is -2.04. The molecule has 0 atom stereocenters. The molecule has 2 aromatic carbocycles. The van der Waals surface area contributed by atoms with Crippen LogP contribution in [0, 0.1) is 6.92 Å². The van der Waals surface area contributed by atoms with Crippen LogP contribution in [0.4, 0.5) is 0 Å². The topological polar surface area (TPSA) is 30.2 Å². The van der Waals surface area contributed by atoms with Gasteiger partial charge in [0.05, 0.1) is 15.8 Å². The van der Waals surface area contributed by atoms with E-state index in [0.717, 1.165) is 5.56 Å². The summed E-state index contributed by atoms with van der Waals surface area (Å²) in [5.74, 6) is 0. The van der Waals surface area contributed by atoms with E-state index < -0.39 is 0 Å². The van der Waals surface area contributed by atoms with E-state index in [1.54, 1.807) is 24.3 Å². The Morgan fingerprint density at radius 2 is 1.65 bits per heavy atom. The van der Waals surface area contributed by atoms with E-state index in [1.807, 2.05) is 19.1 Å². The molecular formula is C14H9ClO2. The predicted molar refractivity (Wildman–Crippen MR) is 69.7 cm³/mol. The van der Waals surface area contributed by atoms with Crippen LogP contribution < -0.4 is 5.43 Å². The number of aryl methyl sites for hydroxylation is 1. The van der Waals surface area contributed by atoms with Crippen molar-refractivity contribution in [3.8, 4) is 0 Å². The molecule has 0 radical (unpaired) electrons. The smallest absolute Gasteiger partial charge is 0.200 e. The molecule has 2 nitrogen and oxygen atoms in total. The number of halogens is 1. The summed E-state index contributed by atoms with van der Waals surface area (Å²) in [6, 6.07) is 10.7. The van der Waals surface area contributed by atoms with E-state index >= 15 is 0 Å². The molecule has 0 saturated carbocycles. The molecule has 3 aromatic rings. The van der Waals surface area contributed by atoms with Crippen molar-refractivity contribution in [1.82, 2.24) is 0 Å². The van der Waals surface area contributed by atoms with Gasteiger partial charge in [0.15, 0.2) is 5.58 Å². The molecule has 0 fully saturated rings. The van der Waals surface area contributed by atoms with Gasteiger partial charge in [0.25, 0.3) is 0 Å². The van der Waals surface area contributed by atoms with Crippen LogP contribution in [0.25, 0.3) is 21.9 Å². The Morgan fingerprint density at radius 3 is 2.41 bits per heavy atom. The number of hydrogen-bond acceptors (Lipinski definition) is 2. The fourth-order valence-corrected chi connectivity index (χ4v) is 2.22. The highest BCUT2D eigenvalue weighted by atomic mass is 35.5. The molecule has 3 rings (SSSR count). The highest BCUT2D eigenvalue weighted by Gasteiger charge is 2.10. The van der Waals surface area contributed by atoms with Crippen molar-refractivity contribution in [3.63, 3.8) is 0 Å². The first kappa shape index (κ1) is 10.4. The van der Waals surface area contributed by atoms with Crippen LogP contribution in [0.15, 0.2) is 45.6 Å². The van der Waals surface area contributed by atoms with Gasteiger partial charge in [0.1, 0.15) is 5.58 Å². The maximum Gasteiger partial charge on any atom is 0.200 e. The second kappa shape index (κ2) is 3.60. The minimum absolute atomic E-state index is 0.0348. The summed E-state index contributed by atoms with van der Waals surface area (Å²) >= 11 is 6.05. The summed E-state index contributed by atoms with van der Waals surface area (Å²) in [4.78, 5) is 12.3. The number of fused-ring (bicyclic) bond motifs is 2. The molecule has 0 amide bonds. The average Bonchev–Trinajstić information content (AvgIpc) is 2.32. The van der Waals surface area contributed by atoms with Crippen molar-refractivity contribution in [3.05, 3.63) is 57.2 Å². The molecule has 0 unspecified atom stereocenters. The molecule has 0 aliphatic carbocycles. The average molecular weight is 245 g/mol. The van der Waals surface area contributed by atoms with E-state index in [1.165, 1.54) is 0 Å². The van der Waals surface area contributed by atoms with Gasteiger partial charge in [-0.1, -0.05) is 29.8 Å². The van der Waals surface area contributed by atoms with Crippen LogP contribution in [0.5, 0.6) is 0 Å². The van der Waals surface area contributed by atoms with Gasteiger partial charge in [-0.25, -0.2) is 0 Å². The van der Waals surface area contributed by atoms with Crippen molar-refractivity contribution in [2.45, 2.75) is 6.92 Å². The maximum atomic E-state index is 12.3. The van der Waals surface area contributed by atoms with Crippen LogP contribution >= 0.6 is 11.6 Å². The standard InChI is InChI=1S/C14H9ClO2/c1-8-4-2-5-9-12(16)10-6-3-7-11(15)14(10)17-13(8)9/h2-7H,1H3. The zero-order valence-corrected chi connectivity index (χ0v) is 9.91. The van der Waals surface area contributed by atoms with Gasteiger partial charge in [-0.05, 0) is 30.7 Å². The Hall–Kier alpha value is -1.80. The first-order valence-electron chi connectivity index (χ1n) is 5.29. The maximum absolute atomic E-state index is 12.3. The van der Waals surface area contributed by atoms with Gasteiger partial charge in [-0.2, -0.15) is 0 Å². The van der Waals surface area contributed by atoms with E-state index in [2.05, 4.69) is 0 Å². The number of rotatable bonds is 0. The number of hydrogen-bond donors (Lipinski definition) is 0. The molecule has 1 heterocycles. The zero-order valence-electron chi connectivity index (χ0n) is 9.16. The molecule has 84 valence electrons. The van der Waals surface area contributed by atoms with Crippen molar-refractivity contribution in [2.75, 3.05) is 0 Å². The van der Waals surface area contributed by atoms with Crippen LogP contribution in [-0.4, -0.2) is 0 Å². The predicted octanol–water partition coefficient (Wildman–Crippen LogP) is 3.91. The molecule has 17 heavy (non-hydrogen) atoms. The summed E-state index contributed by atoms with van der Waals surface area (Å²) in [6.45, 7) is 1.91. The molecule has 0 aliphatic rings. The molecule has 1 aromatic heterocycles. The normalized spacial score (nSPS) is 11.2. The van der Waals surface area contributed by atoms with Crippen molar-refractivity contribution in [2.24, 2.45) is 0 Å². The fourth-order valence-electron chi connectivity index (χ4n) is 2.01. The lowest BCUT2D eigenvalue weighted by molar-refractivity contribution is 0.657. The Morgan fingerprint density at radius 1 is 1.00 bits per heavy atom. The molecule has 3 heteroatoms. The third-order valence-corrected chi connectivity index (χ3v) is 3.17. The highest BCUT2D eigenvalue weighted by Crippen LogP contribution is 2.26. The second-order valence-electron chi connectivity index (χ2n) is 4.00. The summed E-state index contributed by atoms with van der Waals surface area (Å²) in [6.07, 6.45) is 0. The third-order valence-electron chi connectivity index (χ3n) is 2.87. The summed E-state index contributed by atoms with van der Waals surface area (Å²) in [5.41, 5.74) is 1.97. The van der Waals surface area contributed by atoms with E-state index in [9.17, 15) is 4.79 Å². The van der Waals surface area contributed by atoms with Crippen LogP contribution in [0.1, 0.15) is 5.56 Å². The Kier molecular flexibility index (Phi) is 2.20. The minimum Gasteiger partial charge on any atom is -0.454 e. The largest absolute Gasteiger partial charge is 0.454 e. The zero-order chi connectivity index (χ0) is 12.0. The van der Waals surface area contributed by atoms with Crippen LogP contribution in [-0.2, 0) is 0 Å². The quantitative estimate of drug-likeness (QED) is 0.561. The van der Waals surface area contributed by atoms with Gasteiger partial charge < -0.3 is 4.42 Å². The molecule has 0 spiro atoms. The monoisotopic (exact) mass is 244 g/mol.